The van der Waals surface area contributed by atoms with E-state index in [1.165, 1.54) is 25.7 Å². The fraction of sp³-hybridized carbons (Fsp3) is 0.882. The Morgan fingerprint density at radius 2 is 1.73 bits per heavy atom. The van der Waals surface area contributed by atoms with Crippen molar-refractivity contribution >= 4 is 6.01 Å². The Kier molecular flexibility index (Phi) is 4.19. The lowest BCUT2D eigenvalue weighted by Crippen LogP contribution is -2.32. The SMILES string of the molecule is CC1(C)CCN(Cc2nnc(N3CCCC3)o2)CC(C)(C)C1. The molecular formula is C17H30N4O. The molecule has 124 valence electrons. The first-order valence-electron chi connectivity index (χ1n) is 8.63. The first kappa shape index (κ1) is 15.8. The minimum atomic E-state index is 0.331. The molecule has 0 aromatic carbocycles. The van der Waals surface area contributed by atoms with Crippen LogP contribution in [0.1, 0.15) is 59.3 Å². The zero-order valence-electron chi connectivity index (χ0n) is 14.6. The Morgan fingerprint density at radius 1 is 1.00 bits per heavy atom. The summed E-state index contributed by atoms with van der Waals surface area (Å²) in [5.41, 5.74) is 0.742. The van der Waals surface area contributed by atoms with Crippen LogP contribution in [0.3, 0.4) is 0 Å². The molecule has 0 saturated carbocycles. The maximum absolute atomic E-state index is 5.89. The van der Waals surface area contributed by atoms with Crippen LogP contribution in [-0.2, 0) is 6.54 Å². The van der Waals surface area contributed by atoms with Gasteiger partial charge in [0, 0.05) is 19.6 Å². The van der Waals surface area contributed by atoms with Crippen molar-refractivity contribution in [3.8, 4) is 0 Å². The van der Waals surface area contributed by atoms with Gasteiger partial charge in [0.15, 0.2) is 0 Å². The number of aromatic nitrogens is 2. The molecule has 2 aliphatic heterocycles. The van der Waals surface area contributed by atoms with Gasteiger partial charge in [-0.15, -0.1) is 5.10 Å². The van der Waals surface area contributed by atoms with Gasteiger partial charge in [0.05, 0.1) is 6.54 Å². The van der Waals surface area contributed by atoms with Crippen molar-refractivity contribution in [2.24, 2.45) is 10.8 Å². The van der Waals surface area contributed by atoms with Crippen molar-refractivity contribution in [3.05, 3.63) is 5.89 Å². The smallest absolute Gasteiger partial charge is 0.318 e. The molecule has 1 aromatic heterocycles. The van der Waals surface area contributed by atoms with E-state index in [1.807, 2.05) is 0 Å². The molecule has 2 saturated heterocycles. The van der Waals surface area contributed by atoms with Crippen LogP contribution in [0.5, 0.6) is 0 Å². The molecule has 0 N–H and O–H groups in total. The first-order chi connectivity index (χ1) is 10.3. The van der Waals surface area contributed by atoms with Gasteiger partial charge in [-0.25, -0.2) is 0 Å². The van der Waals surface area contributed by atoms with Gasteiger partial charge >= 0.3 is 6.01 Å². The summed E-state index contributed by atoms with van der Waals surface area (Å²) in [7, 11) is 0. The Labute approximate surface area is 134 Å². The van der Waals surface area contributed by atoms with Gasteiger partial charge in [0.2, 0.25) is 5.89 Å². The van der Waals surface area contributed by atoms with Gasteiger partial charge in [-0.2, -0.15) is 0 Å². The molecule has 0 radical (unpaired) electrons. The third kappa shape index (κ3) is 3.80. The molecule has 3 rings (SSSR count). The minimum absolute atomic E-state index is 0.331. The minimum Gasteiger partial charge on any atom is -0.407 e. The van der Waals surface area contributed by atoms with Crippen LogP contribution in [0.2, 0.25) is 0 Å². The van der Waals surface area contributed by atoms with Crippen LogP contribution in [0, 0.1) is 10.8 Å². The summed E-state index contributed by atoms with van der Waals surface area (Å²) in [4.78, 5) is 4.68. The standard InChI is InChI=1S/C17H30N4O/c1-16(2)7-10-20(13-17(3,4)12-16)11-14-18-19-15(22-14)21-8-5-6-9-21/h5-13H2,1-4H3. The van der Waals surface area contributed by atoms with Crippen LogP contribution >= 0.6 is 0 Å². The van der Waals surface area contributed by atoms with E-state index in [0.29, 0.717) is 16.8 Å². The van der Waals surface area contributed by atoms with E-state index >= 15 is 0 Å². The van der Waals surface area contributed by atoms with Gasteiger partial charge in [-0.05, 0) is 43.1 Å². The average molecular weight is 306 g/mol. The van der Waals surface area contributed by atoms with Crippen LogP contribution in [0.4, 0.5) is 6.01 Å². The quantitative estimate of drug-likeness (QED) is 0.857. The van der Waals surface area contributed by atoms with Crippen molar-refractivity contribution in [2.75, 3.05) is 31.1 Å². The van der Waals surface area contributed by atoms with E-state index in [2.05, 4.69) is 47.7 Å². The molecule has 0 aliphatic carbocycles. The molecule has 0 atom stereocenters. The number of nitrogens with zero attached hydrogens (tertiary/aromatic N) is 4. The second-order valence-corrected chi connectivity index (χ2v) is 8.64. The highest BCUT2D eigenvalue weighted by Gasteiger charge is 2.34. The van der Waals surface area contributed by atoms with E-state index < -0.39 is 0 Å². The normalized spacial score (nSPS) is 25.4. The molecule has 22 heavy (non-hydrogen) atoms. The van der Waals surface area contributed by atoms with E-state index in [1.54, 1.807) is 0 Å². The zero-order chi connectivity index (χ0) is 15.8. The molecule has 0 spiro atoms. The summed E-state index contributed by atoms with van der Waals surface area (Å²) in [5, 5.41) is 8.50. The molecule has 5 nitrogen and oxygen atoms in total. The van der Waals surface area contributed by atoms with Gasteiger partial charge in [0.1, 0.15) is 0 Å². The average Bonchev–Trinajstić information content (AvgIpc) is 3.02. The van der Waals surface area contributed by atoms with E-state index in [9.17, 15) is 0 Å². The lowest BCUT2D eigenvalue weighted by molar-refractivity contribution is 0.165. The number of rotatable bonds is 3. The highest BCUT2D eigenvalue weighted by Crippen LogP contribution is 2.39. The number of hydrogen-bond donors (Lipinski definition) is 0. The van der Waals surface area contributed by atoms with Crippen LogP contribution < -0.4 is 4.90 Å². The van der Waals surface area contributed by atoms with Crippen molar-refractivity contribution in [2.45, 2.75) is 59.9 Å². The van der Waals surface area contributed by atoms with Crippen LogP contribution in [0.25, 0.3) is 0 Å². The van der Waals surface area contributed by atoms with Crippen molar-refractivity contribution in [1.29, 1.82) is 0 Å². The van der Waals surface area contributed by atoms with Crippen LogP contribution in [-0.4, -0.2) is 41.3 Å². The Bertz CT molecular complexity index is 503. The topological polar surface area (TPSA) is 45.4 Å². The van der Waals surface area contributed by atoms with Gasteiger partial charge < -0.3 is 9.32 Å². The van der Waals surface area contributed by atoms with Crippen molar-refractivity contribution in [1.82, 2.24) is 15.1 Å². The molecule has 2 fully saturated rings. The fourth-order valence-electron chi connectivity index (χ4n) is 4.26. The van der Waals surface area contributed by atoms with E-state index in [0.717, 1.165) is 38.6 Å². The molecule has 1 aromatic rings. The third-order valence-corrected chi connectivity index (χ3v) is 4.91. The largest absolute Gasteiger partial charge is 0.407 e. The van der Waals surface area contributed by atoms with Crippen molar-refractivity contribution in [3.63, 3.8) is 0 Å². The summed E-state index contributed by atoms with van der Waals surface area (Å²) in [5.74, 6) is 0.761. The monoisotopic (exact) mass is 306 g/mol. The highest BCUT2D eigenvalue weighted by atomic mass is 16.4. The Balaban J connectivity index is 1.65. The second-order valence-electron chi connectivity index (χ2n) is 8.64. The van der Waals surface area contributed by atoms with Gasteiger partial charge in [-0.3, -0.25) is 4.90 Å². The summed E-state index contributed by atoms with van der Waals surface area (Å²) in [6.45, 7) is 14.6. The summed E-state index contributed by atoms with van der Waals surface area (Å²) < 4.78 is 5.89. The number of anilines is 1. The fourth-order valence-corrected chi connectivity index (χ4v) is 4.26. The summed E-state index contributed by atoms with van der Waals surface area (Å²) in [6.07, 6.45) is 4.95. The molecule has 3 heterocycles. The molecule has 2 aliphatic rings. The molecule has 5 heteroatoms. The molecule has 0 amide bonds. The summed E-state index contributed by atoms with van der Waals surface area (Å²) >= 11 is 0. The zero-order valence-corrected chi connectivity index (χ0v) is 14.6. The molecular weight excluding hydrogens is 276 g/mol. The summed E-state index contributed by atoms with van der Waals surface area (Å²) in [6, 6.07) is 0.710. The number of hydrogen-bond acceptors (Lipinski definition) is 5. The predicted octanol–water partition coefficient (Wildman–Crippen LogP) is 3.32. The van der Waals surface area contributed by atoms with E-state index in [-0.39, 0.29) is 0 Å². The van der Waals surface area contributed by atoms with E-state index in [4.69, 9.17) is 4.42 Å². The van der Waals surface area contributed by atoms with Gasteiger partial charge in [-0.1, -0.05) is 32.8 Å². The predicted molar refractivity (Wildman–Crippen MR) is 87.8 cm³/mol. The second kappa shape index (κ2) is 5.84. The third-order valence-electron chi connectivity index (χ3n) is 4.91. The maximum Gasteiger partial charge on any atom is 0.318 e. The Hall–Kier alpha value is -1.10. The highest BCUT2D eigenvalue weighted by molar-refractivity contribution is 5.25. The first-order valence-corrected chi connectivity index (χ1v) is 8.63. The van der Waals surface area contributed by atoms with Crippen molar-refractivity contribution < 1.29 is 4.42 Å². The maximum atomic E-state index is 5.89. The lowest BCUT2D eigenvalue weighted by Gasteiger charge is -2.32. The van der Waals surface area contributed by atoms with Crippen LogP contribution in [0.15, 0.2) is 4.42 Å². The molecule has 0 bridgehead atoms. The molecule has 0 unspecified atom stereocenters. The Morgan fingerprint density at radius 3 is 2.45 bits per heavy atom. The lowest BCUT2D eigenvalue weighted by atomic mass is 9.75. The number of likely N-dealkylation sites (tertiary alicyclic amines) is 1. The van der Waals surface area contributed by atoms with Gasteiger partial charge in [0.25, 0.3) is 0 Å².